The van der Waals surface area contributed by atoms with Gasteiger partial charge >= 0.3 is 0 Å². The van der Waals surface area contributed by atoms with E-state index < -0.39 is 0 Å². The molecule has 6 nitrogen and oxygen atoms in total. The Labute approximate surface area is 148 Å². The molecular formula is C19H25N5O. The summed E-state index contributed by atoms with van der Waals surface area (Å²) in [6.45, 7) is 3.85. The third-order valence-corrected chi connectivity index (χ3v) is 5.25. The van der Waals surface area contributed by atoms with E-state index in [1.54, 1.807) is 12.3 Å². The second-order valence-corrected chi connectivity index (χ2v) is 7.05. The molecule has 0 bridgehead atoms. The van der Waals surface area contributed by atoms with Crippen molar-refractivity contribution in [1.82, 2.24) is 20.3 Å². The lowest BCUT2D eigenvalue weighted by molar-refractivity contribution is 0.0926. The van der Waals surface area contributed by atoms with Crippen LogP contribution in [0.5, 0.6) is 0 Å². The van der Waals surface area contributed by atoms with Gasteiger partial charge in [0.25, 0.3) is 5.91 Å². The summed E-state index contributed by atoms with van der Waals surface area (Å²) in [6.07, 6.45) is 8.31. The minimum Gasteiger partial charge on any atom is -0.357 e. The number of aryl methyl sites for hydroxylation is 2. The highest BCUT2D eigenvalue weighted by atomic mass is 16.1. The van der Waals surface area contributed by atoms with Crippen molar-refractivity contribution in [1.29, 1.82) is 0 Å². The van der Waals surface area contributed by atoms with Crippen LogP contribution in [0.15, 0.2) is 18.3 Å². The first kappa shape index (κ1) is 16.1. The second kappa shape index (κ2) is 6.86. The van der Waals surface area contributed by atoms with E-state index in [-0.39, 0.29) is 11.9 Å². The Morgan fingerprint density at radius 3 is 2.80 bits per heavy atom. The normalized spacial score (nSPS) is 18.0. The number of hydrogen-bond acceptors (Lipinski definition) is 4. The van der Waals surface area contributed by atoms with E-state index >= 15 is 0 Å². The molecule has 0 radical (unpaired) electrons. The third-order valence-electron chi connectivity index (χ3n) is 5.25. The van der Waals surface area contributed by atoms with Gasteiger partial charge in [-0.3, -0.25) is 4.79 Å². The number of carbonyl (C=O) groups excluding carboxylic acids is 1. The molecule has 0 atom stereocenters. The van der Waals surface area contributed by atoms with E-state index in [2.05, 4.69) is 20.2 Å². The van der Waals surface area contributed by atoms with E-state index in [1.165, 1.54) is 24.1 Å². The summed E-state index contributed by atoms with van der Waals surface area (Å²) < 4.78 is 0. The van der Waals surface area contributed by atoms with Gasteiger partial charge in [0.1, 0.15) is 17.3 Å². The average Bonchev–Trinajstić information content (AvgIpc) is 3.16. The number of amides is 1. The molecule has 6 heteroatoms. The van der Waals surface area contributed by atoms with Crippen molar-refractivity contribution in [3.63, 3.8) is 0 Å². The van der Waals surface area contributed by atoms with Crippen molar-refractivity contribution < 1.29 is 4.79 Å². The zero-order chi connectivity index (χ0) is 17.2. The number of carbonyl (C=O) groups is 1. The van der Waals surface area contributed by atoms with Crippen molar-refractivity contribution in [2.75, 3.05) is 18.0 Å². The Bertz CT molecular complexity index is 747. The molecule has 2 N–H and O–H groups in total. The zero-order valence-corrected chi connectivity index (χ0v) is 14.7. The lowest BCUT2D eigenvalue weighted by atomic mass is 9.95. The Hall–Kier alpha value is -2.37. The number of nitrogens with zero attached hydrogens (tertiary/aromatic N) is 3. The molecule has 1 aliphatic carbocycles. The average molecular weight is 339 g/mol. The number of anilines is 1. The second-order valence-electron chi connectivity index (χ2n) is 7.05. The molecule has 2 aliphatic rings. The number of H-pyrrole nitrogens is 1. The van der Waals surface area contributed by atoms with Crippen LogP contribution in [0.2, 0.25) is 0 Å². The van der Waals surface area contributed by atoms with Crippen LogP contribution < -0.4 is 10.2 Å². The summed E-state index contributed by atoms with van der Waals surface area (Å²) in [5.41, 5.74) is 3.23. The molecule has 0 saturated carbocycles. The maximum Gasteiger partial charge on any atom is 0.267 e. The van der Waals surface area contributed by atoms with E-state index in [9.17, 15) is 4.79 Å². The monoisotopic (exact) mass is 339 g/mol. The first-order valence-electron chi connectivity index (χ1n) is 9.26. The van der Waals surface area contributed by atoms with Gasteiger partial charge in [0, 0.05) is 36.6 Å². The summed E-state index contributed by atoms with van der Waals surface area (Å²) in [6, 6.07) is 3.88. The smallest absolute Gasteiger partial charge is 0.267 e. The molecule has 25 heavy (non-hydrogen) atoms. The van der Waals surface area contributed by atoms with Gasteiger partial charge in [-0.25, -0.2) is 9.97 Å². The Morgan fingerprint density at radius 1 is 1.24 bits per heavy atom. The molecule has 3 heterocycles. The quantitative estimate of drug-likeness (QED) is 0.900. The molecule has 4 rings (SSSR count). The molecule has 1 saturated heterocycles. The van der Waals surface area contributed by atoms with E-state index in [1.807, 2.05) is 13.0 Å². The lowest BCUT2D eigenvalue weighted by Crippen LogP contribution is -2.45. The predicted molar refractivity (Wildman–Crippen MR) is 96.9 cm³/mol. The van der Waals surface area contributed by atoms with Crippen molar-refractivity contribution in [2.24, 2.45) is 0 Å². The molecule has 132 valence electrons. The Kier molecular flexibility index (Phi) is 4.42. The van der Waals surface area contributed by atoms with Crippen molar-refractivity contribution in [3.8, 4) is 0 Å². The minimum absolute atomic E-state index is 0.0151. The summed E-state index contributed by atoms with van der Waals surface area (Å²) in [5.74, 6) is 1.99. The Morgan fingerprint density at radius 2 is 2.04 bits per heavy atom. The highest BCUT2D eigenvalue weighted by Gasteiger charge is 2.26. The summed E-state index contributed by atoms with van der Waals surface area (Å²) >= 11 is 0. The van der Waals surface area contributed by atoms with Gasteiger partial charge in [0.2, 0.25) is 0 Å². The fourth-order valence-electron chi connectivity index (χ4n) is 3.93. The first-order chi connectivity index (χ1) is 12.2. The minimum atomic E-state index is -0.0151. The van der Waals surface area contributed by atoms with Gasteiger partial charge in [-0.15, -0.1) is 0 Å². The van der Waals surface area contributed by atoms with Crippen LogP contribution in [-0.2, 0) is 12.8 Å². The molecule has 0 unspecified atom stereocenters. The molecule has 1 fully saturated rings. The van der Waals surface area contributed by atoms with Crippen LogP contribution in [0.25, 0.3) is 0 Å². The standard InChI is InChI=1S/C19H25N5O/c1-13-21-16-6-3-2-5-15(16)18(22-13)24-11-8-14(9-12-24)23-19(25)17-7-4-10-20-17/h4,7,10,14,20H,2-3,5-6,8-9,11-12H2,1H3,(H,23,25). The molecule has 1 aliphatic heterocycles. The maximum absolute atomic E-state index is 12.2. The Balaban J connectivity index is 1.42. The summed E-state index contributed by atoms with van der Waals surface area (Å²) in [7, 11) is 0. The highest BCUT2D eigenvalue weighted by Crippen LogP contribution is 2.29. The molecular weight excluding hydrogens is 314 g/mol. The van der Waals surface area contributed by atoms with Crippen molar-refractivity contribution in [2.45, 2.75) is 51.5 Å². The van der Waals surface area contributed by atoms with Gasteiger partial charge in [-0.2, -0.15) is 0 Å². The fraction of sp³-hybridized carbons (Fsp3) is 0.526. The topological polar surface area (TPSA) is 73.9 Å². The summed E-state index contributed by atoms with van der Waals surface area (Å²) in [4.78, 5) is 26.9. The predicted octanol–water partition coefficient (Wildman–Crippen LogP) is 2.39. The van der Waals surface area contributed by atoms with Gasteiger partial charge in [0.15, 0.2) is 0 Å². The molecule has 2 aromatic rings. The van der Waals surface area contributed by atoms with E-state index in [4.69, 9.17) is 4.98 Å². The van der Waals surface area contributed by atoms with Crippen LogP contribution in [0.4, 0.5) is 5.82 Å². The maximum atomic E-state index is 12.2. The fourth-order valence-corrected chi connectivity index (χ4v) is 3.93. The van der Waals surface area contributed by atoms with Crippen LogP contribution in [0, 0.1) is 6.92 Å². The number of hydrogen-bond donors (Lipinski definition) is 2. The SMILES string of the molecule is Cc1nc2c(c(N3CCC(NC(=O)c4ccc[nH]4)CC3)n1)CCCC2. The van der Waals surface area contributed by atoms with Gasteiger partial charge in [-0.05, 0) is 57.6 Å². The van der Waals surface area contributed by atoms with Gasteiger partial charge < -0.3 is 15.2 Å². The first-order valence-corrected chi connectivity index (χ1v) is 9.26. The number of aromatic nitrogens is 3. The molecule has 2 aromatic heterocycles. The number of aromatic amines is 1. The van der Waals surface area contributed by atoms with Crippen LogP contribution in [0.3, 0.4) is 0 Å². The third kappa shape index (κ3) is 3.38. The van der Waals surface area contributed by atoms with Crippen molar-refractivity contribution >= 4 is 11.7 Å². The van der Waals surface area contributed by atoms with Crippen LogP contribution >= 0.6 is 0 Å². The zero-order valence-electron chi connectivity index (χ0n) is 14.7. The van der Waals surface area contributed by atoms with Gasteiger partial charge in [-0.1, -0.05) is 0 Å². The number of piperidine rings is 1. The highest BCUT2D eigenvalue weighted by molar-refractivity contribution is 5.92. The largest absolute Gasteiger partial charge is 0.357 e. The molecule has 0 spiro atoms. The van der Waals surface area contributed by atoms with Crippen LogP contribution in [-0.4, -0.2) is 40.0 Å². The van der Waals surface area contributed by atoms with E-state index in [0.29, 0.717) is 5.69 Å². The molecule has 0 aromatic carbocycles. The van der Waals surface area contributed by atoms with Gasteiger partial charge in [0.05, 0.1) is 0 Å². The number of nitrogens with one attached hydrogen (secondary N) is 2. The number of fused-ring (bicyclic) bond motifs is 1. The van der Waals surface area contributed by atoms with E-state index in [0.717, 1.165) is 50.4 Å². The van der Waals surface area contributed by atoms with Crippen LogP contribution in [0.1, 0.15) is 53.3 Å². The molecule has 1 amide bonds. The van der Waals surface area contributed by atoms with Crippen molar-refractivity contribution in [3.05, 3.63) is 41.1 Å². The number of rotatable bonds is 3. The lowest BCUT2D eigenvalue weighted by Gasteiger charge is -2.35. The summed E-state index contributed by atoms with van der Waals surface area (Å²) in [5, 5.41) is 3.14.